The minimum absolute atomic E-state index is 0.159. The van der Waals surface area contributed by atoms with E-state index in [2.05, 4.69) is 38.0 Å². The lowest BCUT2D eigenvalue weighted by Gasteiger charge is -2.31. The standard InChI is InChI=1S/C23H28N6O/c1-2-24-23(30)25-20-8-6-7-19(15-20)18-11-13-28(14-12-18)16-21-17-29(27-26-21)22-9-4-3-5-10-22/h3-10,15,17-18H,2,11-14,16H2,1H3,(H2,24,25,30). The molecular weight excluding hydrogens is 376 g/mol. The number of aromatic nitrogens is 3. The van der Waals surface area contributed by atoms with E-state index in [1.165, 1.54) is 5.56 Å². The molecule has 0 radical (unpaired) electrons. The number of hydrogen-bond donors (Lipinski definition) is 2. The molecule has 2 aromatic carbocycles. The summed E-state index contributed by atoms with van der Waals surface area (Å²) in [6, 6.07) is 18.1. The van der Waals surface area contributed by atoms with Gasteiger partial charge in [0.2, 0.25) is 0 Å². The van der Waals surface area contributed by atoms with Gasteiger partial charge in [-0.3, -0.25) is 4.90 Å². The topological polar surface area (TPSA) is 75.1 Å². The predicted octanol–water partition coefficient (Wildman–Crippen LogP) is 3.79. The van der Waals surface area contributed by atoms with E-state index in [0.29, 0.717) is 12.5 Å². The van der Waals surface area contributed by atoms with Crippen LogP contribution in [0.15, 0.2) is 60.8 Å². The third-order valence-corrected chi connectivity index (χ3v) is 5.49. The van der Waals surface area contributed by atoms with Crippen LogP contribution in [0.2, 0.25) is 0 Å². The molecular formula is C23H28N6O. The Hall–Kier alpha value is -3.19. The molecule has 0 spiro atoms. The second kappa shape index (κ2) is 9.54. The predicted molar refractivity (Wildman–Crippen MR) is 118 cm³/mol. The molecule has 0 saturated carbocycles. The zero-order valence-electron chi connectivity index (χ0n) is 17.3. The molecule has 1 saturated heterocycles. The summed E-state index contributed by atoms with van der Waals surface area (Å²) in [7, 11) is 0. The average molecular weight is 405 g/mol. The van der Waals surface area contributed by atoms with Crippen molar-refractivity contribution in [3.05, 3.63) is 72.1 Å². The van der Waals surface area contributed by atoms with Crippen LogP contribution >= 0.6 is 0 Å². The van der Waals surface area contributed by atoms with Gasteiger partial charge in [-0.1, -0.05) is 35.5 Å². The fourth-order valence-corrected chi connectivity index (χ4v) is 3.94. The molecule has 0 bridgehead atoms. The van der Waals surface area contributed by atoms with Crippen molar-refractivity contribution in [1.29, 1.82) is 0 Å². The van der Waals surface area contributed by atoms with Crippen LogP contribution < -0.4 is 10.6 Å². The van der Waals surface area contributed by atoms with Crippen LogP contribution in [0.25, 0.3) is 5.69 Å². The molecule has 7 heteroatoms. The van der Waals surface area contributed by atoms with Crippen LogP contribution in [0.4, 0.5) is 10.5 Å². The zero-order valence-corrected chi connectivity index (χ0v) is 17.3. The van der Waals surface area contributed by atoms with Gasteiger partial charge in [-0.25, -0.2) is 9.48 Å². The SMILES string of the molecule is CCNC(=O)Nc1cccc(C2CCN(Cc3cn(-c4ccccc4)nn3)CC2)c1. The maximum absolute atomic E-state index is 11.8. The van der Waals surface area contributed by atoms with Gasteiger partial charge in [0, 0.05) is 18.8 Å². The van der Waals surface area contributed by atoms with Crippen LogP contribution in [-0.4, -0.2) is 45.6 Å². The maximum atomic E-state index is 11.8. The molecule has 4 rings (SSSR count). The maximum Gasteiger partial charge on any atom is 0.319 e. The van der Waals surface area contributed by atoms with Gasteiger partial charge >= 0.3 is 6.03 Å². The highest BCUT2D eigenvalue weighted by Gasteiger charge is 2.21. The van der Waals surface area contributed by atoms with E-state index < -0.39 is 0 Å². The number of para-hydroxylation sites is 1. The van der Waals surface area contributed by atoms with E-state index in [-0.39, 0.29) is 6.03 Å². The molecule has 1 fully saturated rings. The van der Waals surface area contributed by atoms with Crippen LogP contribution in [-0.2, 0) is 6.54 Å². The molecule has 30 heavy (non-hydrogen) atoms. The molecule has 1 aliphatic heterocycles. The smallest absolute Gasteiger partial charge is 0.319 e. The Balaban J connectivity index is 1.31. The summed E-state index contributed by atoms with van der Waals surface area (Å²) < 4.78 is 1.83. The minimum Gasteiger partial charge on any atom is -0.338 e. The number of likely N-dealkylation sites (tertiary alicyclic amines) is 1. The normalized spacial score (nSPS) is 15.1. The van der Waals surface area contributed by atoms with Crippen molar-refractivity contribution in [1.82, 2.24) is 25.2 Å². The lowest BCUT2D eigenvalue weighted by Crippen LogP contribution is -2.32. The summed E-state index contributed by atoms with van der Waals surface area (Å²) in [4.78, 5) is 14.2. The molecule has 0 atom stereocenters. The largest absolute Gasteiger partial charge is 0.338 e. The first-order valence-electron chi connectivity index (χ1n) is 10.5. The molecule has 1 aliphatic rings. The highest BCUT2D eigenvalue weighted by molar-refractivity contribution is 5.89. The molecule has 2 N–H and O–H groups in total. The number of benzene rings is 2. The number of amides is 2. The molecule has 3 aromatic rings. The monoisotopic (exact) mass is 404 g/mol. The zero-order chi connectivity index (χ0) is 20.8. The van der Waals surface area contributed by atoms with Crippen molar-refractivity contribution in [2.45, 2.75) is 32.2 Å². The van der Waals surface area contributed by atoms with Crippen molar-refractivity contribution in [3.8, 4) is 5.69 Å². The van der Waals surface area contributed by atoms with Gasteiger partial charge in [0.05, 0.1) is 17.6 Å². The summed E-state index contributed by atoms with van der Waals surface area (Å²) in [5.74, 6) is 0.511. The van der Waals surface area contributed by atoms with Gasteiger partial charge < -0.3 is 10.6 Å². The first kappa shape index (κ1) is 20.1. The Morgan fingerprint density at radius 2 is 1.90 bits per heavy atom. The van der Waals surface area contributed by atoms with Crippen molar-refractivity contribution in [2.75, 3.05) is 25.0 Å². The second-order valence-corrected chi connectivity index (χ2v) is 7.65. The third kappa shape index (κ3) is 5.04. The molecule has 7 nitrogen and oxygen atoms in total. The van der Waals surface area contributed by atoms with Crippen molar-refractivity contribution in [3.63, 3.8) is 0 Å². The number of nitrogens with zero attached hydrogens (tertiary/aromatic N) is 4. The molecule has 156 valence electrons. The van der Waals surface area contributed by atoms with E-state index in [0.717, 1.165) is 49.5 Å². The summed E-state index contributed by atoms with van der Waals surface area (Å²) in [6.45, 7) is 5.39. The first-order valence-corrected chi connectivity index (χ1v) is 10.5. The van der Waals surface area contributed by atoms with Gasteiger partial charge in [0.1, 0.15) is 0 Å². The average Bonchev–Trinajstić information content (AvgIpc) is 3.24. The summed E-state index contributed by atoms with van der Waals surface area (Å²) in [6.07, 6.45) is 4.20. The fraction of sp³-hybridized carbons (Fsp3) is 0.348. The molecule has 2 heterocycles. The van der Waals surface area contributed by atoms with E-state index in [1.807, 2.05) is 60.3 Å². The Morgan fingerprint density at radius 3 is 2.67 bits per heavy atom. The Morgan fingerprint density at radius 1 is 1.10 bits per heavy atom. The van der Waals surface area contributed by atoms with Crippen molar-refractivity contribution in [2.24, 2.45) is 0 Å². The molecule has 2 amide bonds. The number of anilines is 1. The summed E-state index contributed by atoms with van der Waals surface area (Å²) in [5.41, 5.74) is 4.15. The van der Waals surface area contributed by atoms with Gasteiger partial charge in [0.15, 0.2) is 0 Å². The van der Waals surface area contributed by atoms with E-state index >= 15 is 0 Å². The van der Waals surface area contributed by atoms with E-state index in [4.69, 9.17) is 0 Å². The van der Waals surface area contributed by atoms with Gasteiger partial charge in [0.25, 0.3) is 0 Å². The Labute approximate surface area is 177 Å². The number of rotatable bonds is 6. The molecule has 1 aromatic heterocycles. The Bertz CT molecular complexity index is 963. The van der Waals surface area contributed by atoms with E-state index in [9.17, 15) is 4.79 Å². The molecule has 0 aliphatic carbocycles. The number of carbonyl (C=O) groups excluding carboxylic acids is 1. The molecule has 0 unspecified atom stereocenters. The number of carbonyl (C=O) groups is 1. The van der Waals surface area contributed by atoms with Crippen LogP contribution in [0.5, 0.6) is 0 Å². The lowest BCUT2D eigenvalue weighted by atomic mass is 9.89. The van der Waals surface area contributed by atoms with Gasteiger partial charge in [-0.15, -0.1) is 5.10 Å². The van der Waals surface area contributed by atoms with Crippen LogP contribution in [0, 0.1) is 0 Å². The number of urea groups is 1. The van der Waals surface area contributed by atoms with Crippen molar-refractivity contribution < 1.29 is 4.79 Å². The third-order valence-electron chi connectivity index (χ3n) is 5.49. The number of nitrogens with one attached hydrogen (secondary N) is 2. The lowest BCUT2D eigenvalue weighted by molar-refractivity contribution is 0.202. The van der Waals surface area contributed by atoms with Crippen molar-refractivity contribution >= 4 is 11.7 Å². The van der Waals surface area contributed by atoms with Gasteiger partial charge in [-0.05, 0) is 68.6 Å². The quantitative estimate of drug-likeness (QED) is 0.656. The first-order chi connectivity index (χ1) is 14.7. The van der Waals surface area contributed by atoms with Crippen LogP contribution in [0.3, 0.4) is 0 Å². The fourth-order valence-electron chi connectivity index (χ4n) is 3.94. The minimum atomic E-state index is -0.159. The van der Waals surface area contributed by atoms with E-state index in [1.54, 1.807) is 0 Å². The summed E-state index contributed by atoms with van der Waals surface area (Å²) >= 11 is 0. The highest BCUT2D eigenvalue weighted by Crippen LogP contribution is 2.30. The van der Waals surface area contributed by atoms with Crippen LogP contribution in [0.1, 0.15) is 36.9 Å². The number of hydrogen-bond acceptors (Lipinski definition) is 4. The second-order valence-electron chi connectivity index (χ2n) is 7.65. The number of piperidine rings is 1. The Kier molecular flexibility index (Phi) is 6.39. The van der Waals surface area contributed by atoms with Gasteiger partial charge in [-0.2, -0.15) is 0 Å². The highest BCUT2D eigenvalue weighted by atomic mass is 16.2. The summed E-state index contributed by atoms with van der Waals surface area (Å²) in [5, 5.41) is 14.3.